The molecule has 4 N–H and O–H groups in total. The molecule has 5 heteroatoms. The second kappa shape index (κ2) is 11.4. The third-order valence-corrected chi connectivity index (χ3v) is 0.407. The standard InChI is InChI=1S/C5H8O2.Co.2H2O/c1-4(6)3-5(2)7;;;/h3,6H,1-2H3;;2*1H2/q;+2;;/p-1/b4-3-;;;. The molecule has 0 aliphatic heterocycles. The summed E-state index contributed by atoms with van der Waals surface area (Å²) < 4.78 is 0. The maximum absolute atomic E-state index is 9.98. The van der Waals surface area contributed by atoms with Crippen molar-refractivity contribution in [2.24, 2.45) is 0 Å². The summed E-state index contributed by atoms with van der Waals surface area (Å²) in [6, 6.07) is 0. The van der Waals surface area contributed by atoms with Gasteiger partial charge in [-0.1, -0.05) is 6.92 Å². The van der Waals surface area contributed by atoms with Gasteiger partial charge >= 0.3 is 16.8 Å². The number of hydrogen-bond donors (Lipinski definition) is 0. The van der Waals surface area contributed by atoms with Gasteiger partial charge in [0.05, 0.1) is 0 Å². The summed E-state index contributed by atoms with van der Waals surface area (Å²) in [6.07, 6.45) is 1.06. The fourth-order valence-electron chi connectivity index (χ4n) is 0.286. The molecule has 0 amide bonds. The first-order valence-corrected chi connectivity index (χ1v) is 1.99. The molecule has 0 saturated carbocycles. The molecule has 63 valence electrons. The molecule has 0 rings (SSSR count). The quantitative estimate of drug-likeness (QED) is 0.362. The first kappa shape index (κ1) is 22.6. The van der Waals surface area contributed by atoms with Gasteiger partial charge in [-0.15, -0.1) is 5.76 Å². The third-order valence-electron chi connectivity index (χ3n) is 0.407. The van der Waals surface area contributed by atoms with Gasteiger partial charge < -0.3 is 16.1 Å². The number of carbonyl (C=O) groups is 1. The molecule has 0 bridgehead atoms. The Balaban J connectivity index is -0.0000000600. The maximum atomic E-state index is 9.98. The van der Waals surface area contributed by atoms with Crippen LogP contribution < -0.4 is 5.11 Å². The molecular weight excluding hydrogens is 183 g/mol. The zero-order chi connectivity index (χ0) is 5.86. The smallest absolute Gasteiger partial charge is 0.876 e. The van der Waals surface area contributed by atoms with Crippen LogP contribution in [0.1, 0.15) is 13.8 Å². The SMILES string of the molecule is CC(=O)/C=C(/C)[O-].O.O.[Co+2]. The van der Waals surface area contributed by atoms with Crippen LogP contribution in [0, 0.1) is 0 Å². The van der Waals surface area contributed by atoms with Gasteiger partial charge in [-0.25, -0.2) is 0 Å². The summed E-state index contributed by atoms with van der Waals surface area (Å²) in [5.74, 6) is -0.375. The van der Waals surface area contributed by atoms with Crippen molar-refractivity contribution in [3.8, 4) is 0 Å². The number of ketones is 1. The number of carbonyl (C=O) groups excluding carboxylic acids is 1. The summed E-state index contributed by atoms with van der Waals surface area (Å²) in [5.41, 5.74) is 0. The minimum absolute atomic E-state index is 0. The summed E-state index contributed by atoms with van der Waals surface area (Å²) in [5, 5.41) is 9.98. The minimum Gasteiger partial charge on any atom is -0.876 e. The molecule has 0 aromatic heterocycles. The third kappa shape index (κ3) is 25.4. The summed E-state index contributed by atoms with van der Waals surface area (Å²) in [6.45, 7) is 2.70. The Labute approximate surface area is 69.7 Å². The molecule has 1 radical (unpaired) electrons. The topological polar surface area (TPSA) is 103 Å². The van der Waals surface area contributed by atoms with Gasteiger partial charge in [-0.05, 0) is 13.0 Å². The van der Waals surface area contributed by atoms with Gasteiger partial charge in [-0.3, -0.25) is 4.79 Å². The van der Waals surface area contributed by atoms with Crippen LogP contribution >= 0.6 is 0 Å². The largest absolute Gasteiger partial charge is 2.00 e. The van der Waals surface area contributed by atoms with E-state index in [0.717, 1.165) is 6.08 Å². The van der Waals surface area contributed by atoms with Crippen molar-refractivity contribution in [3.63, 3.8) is 0 Å². The molecule has 0 saturated heterocycles. The second-order valence-electron chi connectivity index (χ2n) is 1.37. The Morgan fingerprint density at radius 1 is 1.30 bits per heavy atom. The molecule has 0 atom stereocenters. The zero-order valence-electron chi connectivity index (χ0n) is 5.73. The van der Waals surface area contributed by atoms with Crippen LogP contribution in [-0.2, 0) is 21.6 Å². The molecule has 0 spiro atoms. The van der Waals surface area contributed by atoms with Gasteiger partial charge in [0.1, 0.15) is 0 Å². The monoisotopic (exact) mass is 194 g/mol. The van der Waals surface area contributed by atoms with E-state index in [1.807, 2.05) is 0 Å². The van der Waals surface area contributed by atoms with Crippen LogP contribution in [0.5, 0.6) is 0 Å². The summed E-state index contributed by atoms with van der Waals surface area (Å²) >= 11 is 0. The Hall–Kier alpha value is -0.364. The summed E-state index contributed by atoms with van der Waals surface area (Å²) in [4.78, 5) is 9.98. The summed E-state index contributed by atoms with van der Waals surface area (Å²) in [7, 11) is 0. The van der Waals surface area contributed by atoms with E-state index in [-0.39, 0.29) is 39.3 Å². The Morgan fingerprint density at radius 3 is 1.60 bits per heavy atom. The Kier molecular flexibility index (Phi) is 25.9. The van der Waals surface area contributed by atoms with E-state index in [1.54, 1.807) is 0 Å². The van der Waals surface area contributed by atoms with E-state index in [2.05, 4.69) is 0 Å². The number of hydrogen-bond acceptors (Lipinski definition) is 2. The maximum Gasteiger partial charge on any atom is 2.00 e. The van der Waals surface area contributed by atoms with E-state index in [4.69, 9.17) is 0 Å². The number of rotatable bonds is 1. The van der Waals surface area contributed by atoms with Crippen LogP contribution in [0.15, 0.2) is 11.8 Å². The predicted octanol–water partition coefficient (Wildman–Crippen LogP) is -1.81. The van der Waals surface area contributed by atoms with E-state index in [9.17, 15) is 9.90 Å². The second-order valence-corrected chi connectivity index (χ2v) is 1.37. The van der Waals surface area contributed by atoms with Crippen molar-refractivity contribution < 1.29 is 37.6 Å². The van der Waals surface area contributed by atoms with Gasteiger partial charge in [0.15, 0.2) is 5.78 Å². The molecule has 10 heavy (non-hydrogen) atoms. The van der Waals surface area contributed by atoms with Crippen molar-refractivity contribution in [1.29, 1.82) is 0 Å². The Morgan fingerprint density at radius 2 is 1.60 bits per heavy atom. The van der Waals surface area contributed by atoms with Crippen LogP contribution in [0.3, 0.4) is 0 Å². The van der Waals surface area contributed by atoms with E-state index >= 15 is 0 Å². The van der Waals surface area contributed by atoms with Gasteiger partial charge in [-0.2, -0.15) is 0 Å². The van der Waals surface area contributed by atoms with E-state index in [1.165, 1.54) is 13.8 Å². The average Bonchev–Trinajstić information content (AvgIpc) is 1.27. The Bertz CT molecular complexity index is 106. The van der Waals surface area contributed by atoms with Crippen LogP contribution in [-0.4, -0.2) is 16.7 Å². The van der Waals surface area contributed by atoms with E-state index < -0.39 is 0 Å². The van der Waals surface area contributed by atoms with Crippen molar-refractivity contribution in [2.45, 2.75) is 13.8 Å². The molecule has 0 heterocycles. The van der Waals surface area contributed by atoms with Gasteiger partial charge in [0, 0.05) is 0 Å². The van der Waals surface area contributed by atoms with Crippen molar-refractivity contribution >= 4 is 5.78 Å². The molecule has 0 aliphatic rings. The van der Waals surface area contributed by atoms with Crippen molar-refractivity contribution in [2.75, 3.05) is 0 Å². The molecule has 4 nitrogen and oxygen atoms in total. The fraction of sp³-hybridized carbons (Fsp3) is 0.400. The van der Waals surface area contributed by atoms with Gasteiger partial charge in [0.25, 0.3) is 0 Å². The van der Waals surface area contributed by atoms with E-state index in [0.29, 0.717) is 0 Å². The average molecular weight is 194 g/mol. The predicted molar refractivity (Wildman–Crippen MR) is 31.7 cm³/mol. The minimum atomic E-state index is -0.187. The normalized spacial score (nSPS) is 8.00. The molecule has 0 fully saturated rings. The van der Waals surface area contributed by atoms with Crippen LogP contribution in [0.25, 0.3) is 0 Å². The number of allylic oxidation sites excluding steroid dienone is 2. The van der Waals surface area contributed by atoms with Crippen LogP contribution in [0.4, 0.5) is 0 Å². The van der Waals surface area contributed by atoms with Crippen LogP contribution in [0.2, 0.25) is 0 Å². The van der Waals surface area contributed by atoms with Crippen molar-refractivity contribution in [1.82, 2.24) is 0 Å². The first-order valence-electron chi connectivity index (χ1n) is 1.99. The zero-order valence-corrected chi connectivity index (χ0v) is 6.77. The first-order chi connectivity index (χ1) is 3.13. The molecule has 0 aliphatic carbocycles. The van der Waals surface area contributed by atoms with Gasteiger partial charge in [0.2, 0.25) is 0 Å². The molecule has 0 unspecified atom stereocenters. The fourth-order valence-corrected chi connectivity index (χ4v) is 0.286. The molecule has 0 aromatic carbocycles. The molecular formula is C5H11CoO4+. The molecule has 0 aromatic rings. The van der Waals surface area contributed by atoms with Crippen molar-refractivity contribution in [3.05, 3.63) is 11.8 Å².